The summed E-state index contributed by atoms with van der Waals surface area (Å²) in [6.07, 6.45) is 2.16. The molecular formula is C4H5ClO. The molecule has 0 aromatic carbocycles. The van der Waals surface area contributed by atoms with E-state index < -0.39 is 0 Å². The molecule has 0 aliphatic carbocycles. The maximum absolute atomic E-state index is 5.18. The van der Waals surface area contributed by atoms with Gasteiger partial charge in [0, 0.05) is 5.54 Å². The van der Waals surface area contributed by atoms with Crippen LogP contribution in [-0.2, 0) is 4.74 Å². The van der Waals surface area contributed by atoms with E-state index in [9.17, 15) is 0 Å². The number of epoxide rings is 1. The van der Waals surface area contributed by atoms with Gasteiger partial charge in [-0.1, -0.05) is 11.6 Å². The first-order chi connectivity index (χ1) is 2.93. The molecule has 0 amide bonds. The second kappa shape index (κ2) is 1.63. The molecular weight excluding hydrogens is 99.5 g/mol. The topological polar surface area (TPSA) is 12.5 Å². The summed E-state index contributed by atoms with van der Waals surface area (Å²) in [5.74, 6) is 0. The fourth-order valence-electron chi connectivity index (χ4n) is 0.248. The van der Waals surface area contributed by atoms with Crippen molar-refractivity contribution >= 4 is 11.6 Å². The molecule has 0 saturated carbocycles. The van der Waals surface area contributed by atoms with E-state index in [1.54, 1.807) is 0 Å². The van der Waals surface area contributed by atoms with Gasteiger partial charge in [0.25, 0.3) is 0 Å². The Kier molecular flexibility index (Phi) is 1.13. The van der Waals surface area contributed by atoms with E-state index in [0.717, 1.165) is 6.61 Å². The van der Waals surface area contributed by atoms with Gasteiger partial charge in [-0.2, -0.15) is 0 Å². The van der Waals surface area contributed by atoms with Crippen LogP contribution in [-0.4, -0.2) is 12.7 Å². The molecule has 1 aliphatic rings. The van der Waals surface area contributed by atoms with Gasteiger partial charge in [-0.05, 0) is 6.08 Å². The predicted octanol–water partition coefficient (Wildman–Crippen LogP) is 1.14. The minimum atomic E-state index is 0.336. The predicted molar refractivity (Wildman–Crippen MR) is 24.7 cm³/mol. The highest BCUT2D eigenvalue weighted by Crippen LogP contribution is 2.09. The molecule has 1 aliphatic heterocycles. The van der Waals surface area contributed by atoms with Crippen molar-refractivity contribution in [3.05, 3.63) is 11.6 Å². The highest BCUT2D eigenvalue weighted by Gasteiger charge is 2.17. The van der Waals surface area contributed by atoms with E-state index in [0.29, 0.717) is 6.10 Å². The monoisotopic (exact) mass is 104 g/mol. The zero-order valence-electron chi connectivity index (χ0n) is 3.23. The Hall–Kier alpha value is -0.0100. The molecule has 1 rings (SSSR count). The Balaban J connectivity index is 2.15. The molecule has 0 spiro atoms. The van der Waals surface area contributed by atoms with Gasteiger partial charge in [0.05, 0.1) is 6.61 Å². The van der Waals surface area contributed by atoms with Gasteiger partial charge in [-0.3, -0.25) is 0 Å². The van der Waals surface area contributed by atoms with Crippen molar-refractivity contribution < 1.29 is 4.74 Å². The van der Waals surface area contributed by atoms with Crippen molar-refractivity contribution in [1.82, 2.24) is 0 Å². The van der Waals surface area contributed by atoms with E-state index in [2.05, 4.69) is 0 Å². The second-order valence-electron chi connectivity index (χ2n) is 1.19. The fourth-order valence-corrected chi connectivity index (χ4v) is 0.410. The summed E-state index contributed by atoms with van der Waals surface area (Å²) in [5, 5.41) is 0. The van der Waals surface area contributed by atoms with Crippen LogP contribution in [0.5, 0.6) is 0 Å². The van der Waals surface area contributed by atoms with Crippen molar-refractivity contribution in [2.24, 2.45) is 0 Å². The van der Waals surface area contributed by atoms with Crippen LogP contribution in [0.4, 0.5) is 0 Å². The minimum absolute atomic E-state index is 0.336. The van der Waals surface area contributed by atoms with Crippen molar-refractivity contribution in [1.29, 1.82) is 0 Å². The van der Waals surface area contributed by atoms with Crippen LogP contribution in [0.1, 0.15) is 0 Å². The number of halogens is 1. The Morgan fingerprint density at radius 2 is 2.50 bits per heavy atom. The molecule has 6 heavy (non-hydrogen) atoms. The summed E-state index contributed by atoms with van der Waals surface area (Å²) < 4.78 is 4.78. The molecule has 1 atom stereocenters. The van der Waals surface area contributed by atoms with Crippen molar-refractivity contribution in [3.63, 3.8) is 0 Å². The van der Waals surface area contributed by atoms with Crippen LogP contribution in [0, 0.1) is 0 Å². The second-order valence-corrected chi connectivity index (χ2v) is 1.44. The molecule has 1 saturated heterocycles. The Bertz CT molecular complexity index is 65.9. The third-order valence-corrected chi connectivity index (χ3v) is 0.792. The fraction of sp³-hybridized carbons (Fsp3) is 0.500. The van der Waals surface area contributed by atoms with Crippen molar-refractivity contribution in [2.75, 3.05) is 6.61 Å². The molecule has 34 valence electrons. The molecule has 0 N–H and O–H groups in total. The highest BCUT2D eigenvalue weighted by molar-refractivity contribution is 6.25. The van der Waals surface area contributed by atoms with Gasteiger partial charge in [0.1, 0.15) is 6.10 Å². The summed E-state index contributed by atoms with van der Waals surface area (Å²) in [7, 11) is 0. The minimum Gasteiger partial charge on any atom is -0.369 e. The number of hydrogen-bond acceptors (Lipinski definition) is 1. The third kappa shape index (κ3) is 0.994. The van der Waals surface area contributed by atoms with Crippen LogP contribution in [0.2, 0.25) is 0 Å². The molecule has 0 aromatic rings. The lowest BCUT2D eigenvalue weighted by Gasteiger charge is -1.64. The molecule has 0 bridgehead atoms. The van der Waals surface area contributed by atoms with Gasteiger partial charge in [0.15, 0.2) is 0 Å². The summed E-state index contributed by atoms with van der Waals surface area (Å²) in [4.78, 5) is 0. The van der Waals surface area contributed by atoms with Crippen LogP contribution in [0.3, 0.4) is 0 Å². The normalized spacial score (nSPS) is 31.8. The van der Waals surface area contributed by atoms with E-state index >= 15 is 0 Å². The quantitative estimate of drug-likeness (QED) is 0.455. The SMILES string of the molecule is Cl/C=C/C1CO1. The van der Waals surface area contributed by atoms with Gasteiger partial charge in [-0.15, -0.1) is 0 Å². The third-order valence-electron chi connectivity index (χ3n) is 0.647. The van der Waals surface area contributed by atoms with Gasteiger partial charge in [0.2, 0.25) is 0 Å². The van der Waals surface area contributed by atoms with Gasteiger partial charge < -0.3 is 4.74 Å². The van der Waals surface area contributed by atoms with Gasteiger partial charge in [-0.25, -0.2) is 0 Å². The smallest absolute Gasteiger partial charge is 0.100 e. The molecule has 2 heteroatoms. The molecule has 1 unspecified atom stereocenters. The maximum atomic E-state index is 5.18. The standard InChI is InChI=1S/C4H5ClO/c5-2-1-4-3-6-4/h1-2,4H,3H2/b2-1+. The highest BCUT2D eigenvalue weighted by atomic mass is 35.5. The number of ether oxygens (including phenoxy) is 1. The first kappa shape index (κ1) is 4.16. The van der Waals surface area contributed by atoms with Crippen LogP contribution < -0.4 is 0 Å². The first-order valence-electron chi connectivity index (χ1n) is 1.82. The van der Waals surface area contributed by atoms with E-state index in [1.165, 1.54) is 5.54 Å². The summed E-state index contributed by atoms with van der Waals surface area (Å²) in [5.41, 5.74) is 1.48. The first-order valence-corrected chi connectivity index (χ1v) is 2.25. The lowest BCUT2D eigenvalue weighted by Crippen LogP contribution is -1.67. The average molecular weight is 105 g/mol. The number of hydrogen-bond donors (Lipinski definition) is 0. The van der Waals surface area contributed by atoms with Gasteiger partial charge >= 0.3 is 0 Å². The lowest BCUT2D eigenvalue weighted by atomic mass is 10.5. The average Bonchev–Trinajstić information content (AvgIpc) is 2.21. The Morgan fingerprint density at radius 3 is 2.67 bits per heavy atom. The molecule has 1 heterocycles. The Morgan fingerprint density at radius 1 is 1.83 bits per heavy atom. The molecule has 1 nitrogen and oxygen atoms in total. The summed E-state index contributed by atoms with van der Waals surface area (Å²) in [6.45, 7) is 0.850. The van der Waals surface area contributed by atoms with Crippen LogP contribution >= 0.6 is 11.6 Å². The van der Waals surface area contributed by atoms with E-state index in [-0.39, 0.29) is 0 Å². The van der Waals surface area contributed by atoms with Crippen molar-refractivity contribution in [3.8, 4) is 0 Å². The zero-order chi connectivity index (χ0) is 4.41. The lowest BCUT2D eigenvalue weighted by molar-refractivity contribution is 0.440. The van der Waals surface area contributed by atoms with Crippen LogP contribution in [0.25, 0.3) is 0 Å². The Labute approximate surface area is 41.6 Å². The van der Waals surface area contributed by atoms with Crippen LogP contribution in [0.15, 0.2) is 11.6 Å². The number of rotatable bonds is 1. The zero-order valence-corrected chi connectivity index (χ0v) is 3.98. The molecule has 0 aromatic heterocycles. The largest absolute Gasteiger partial charge is 0.369 e. The van der Waals surface area contributed by atoms with E-state index in [4.69, 9.17) is 16.3 Å². The molecule has 1 fully saturated rings. The molecule has 0 radical (unpaired) electrons. The summed E-state index contributed by atoms with van der Waals surface area (Å²) in [6, 6.07) is 0. The maximum Gasteiger partial charge on any atom is 0.100 e. The van der Waals surface area contributed by atoms with Crippen molar-refractivity contribution in [2.45, 2.75) is 6.10 Å². The summed E-state index contributed by atoms with van der Waals surface area (Å²) >= 11 is 5.18. The van der Waals surface area contributed by atoms with E-state index in [1.807, 2.05) is 6.08 Å².